The molecule has 26 heteroatoms. The van der Waals surface area contributed by atoms with Crippen molar-refractivity contribution in [2.45, 2.75) is 249 Å². The Morgan fingerprint density at radius 1 is 0.562 bits per heavy atom. The Bertz CT molecular complexity index is 6070. The number of ether oxygens (including phenoxy) is 1. The molecule has 0 saturated heterocycles. The maximum atomic E-state index is 14.3. The standard InChI is InChI=1S/C27H27O2.C25H22Cl2FO.C25H33ClN3O4.C22H26Cl2NO.C21H29O3.5Y/c1-19-12-14-20(15-13-19)6-4-11-24-25(27(29)18-26(24)28)17-16-22-9-5-8-21-7-2-3-10-23(21)22;1-2-15-7-8-17(13-23(15)28)25-20(22(27)14-24(25)29)11-9-16-10-12-21(26)19-6-4-3-5-18(16)19;1-25(2,3)28(24-10-6-8-18(27-24)13-14-30)16-20-19(23(31)15-21(20)26)12-11-17-7-4-5-9-22(17)29(32)33;1-14-12-25-13-17(15(14)2)7-9-19-20(22(26)11-21(19)24)8-6-16-4-3-5-18(23)10-16;1-5-24-12-6-7-18-19(21(23)16(4)20(18)22)11-10-17-9-8-14(2)15(3)13-17;;;;;/h2-3,5,7-10,12,14-15,24-25H,4,6,11,16-18H2,1H3;3-8,10,12-13,20,22,25H,1-2,9,11,14H2;4,6-10,19-21,23,30-31H,11-16H2,1-3H3;3-4,10,12-13,19-22,26H,6-9,11H2,1-2H3;6,8-9,12-13,16,18-20,22H,1,5,7,10-11H2,2-4H3;;;;;/q5*-1;;;;;/b;;;;12-6-;;;;;/t24-,25-;20-,22?,25+;19-,20-,21?,23?;19-,20-,21?,22?;16?,18-,19-,20?;;;;;/m10111...../s1. The molecule has 5 saturated carbocycles. The number of ketones is 4. The van der Waals surface area contributed by atoms with E-state index in [1.807, 2.05) is 117 Å². The first-order valence-corrected chi connectivity index (χ1v) is 52.1. The Balaban J connectivity index is 0.000000246. The van der Waals surface area contributed by atoms with E-state index in [2.05, 4.69) is 163 Å². The number of aliphatic hydroxyl groups excluding tert-OH is 4. The van der Waals surface area contributed by atoms with Gasteiger partial charge in [0, 0.05) is 274 Å². The summed E-state index contributed by atoms with van der Waals surface area (Å²) >= 11 is 32.3. The zero-order valence-electron chi connectivity index (χ0n) is 85.7. The Kier molecular flexibility index (Phi) is 55.8. The fourth-order valence-electron chi connectivity index (χ4n) is 21.7. The van der Waals surface area contributed by atoms with Crippen molar-refractivity contribution in [1.82, 2.24) is 9.97 Å². The second-order valence-corrected chi connectivity index (χ2v) is 42.6. The van der Waals surface area contributed by atoms with Crippen molar-refractivity contribution in [3.8, 4) is 0 Å². The van der Waals surface area contributed by atoms with Gasteiger partial charge < -0.3 is 43.9 Å². The number of carbonyl (C=O) groups is 4. The van der Waals surface area contributed by atoms with Crippen molar-refractivity contribution in [2.75, 3.05) is 24.7 Å². The summed E-state index contributed by atoms with van der Waals surface area (Å²) in [6, 6.07) is 69.9. The van der Waals surface area contributed by atoms with Gasteiger partial charge in [0.2, 0.25) is 0 Å². The summed E-state index contributed by atoms with van der Waals surface area (Å²) in [5, 5.41) is 58.0. The van der Waals surface area contributed by atoms with Crippen LogP contribution in [0.15, 0.2) is 213 Å². The van der Waals surface area contributed by atoms with Crippen LogP contribution in [0.5, 0.6) is 0 Å². The summed E-state index contributed by atoms with van der Waals surface area (Å²) in [7, 11) is 0. The molecule has 2 aromatic heterocycles. The van der Waals surface area contributed by atoms with E-state index in [9.17, 15) is 54.1 Å². The summed E-state index contributed by atoms with van der Waals surface area (Å²) in [4.78, 5) is 72.5. The third kappa shape index (κ3) is 35.7. The van der Waals surface area contributed by atoms with Crippen LogP contribution in [0, 0.1) is 142 Å². The molecule has 5 radical (unpaired) electrons. The average molecular weight is 2450 g/mol. The summed E-state index contributed by atoms with van der Waals surface area (Å²) in [5.74, 6) is 0.587. The quantitative estimate of drug-likeness (QED) is 0.00734. The van der Waals surface area contributed by atoms with E-state index in [4.69, 9.17) is 67.7 Å². The van der Waals surface area contributed by atoms with Crippen LogP contribution in [-0.2, 0) is 245 Å². The first kappa shape index (κ1) is 129. The number of nitro groups is 1. The third-order valence-electron chi connectivity index (χ3n) is 30.0. The molecule has 9 aromatic carbocycles. The number of fused-ring (bicyclic) bond motifs is 2. The molecule has 7 unspecified atom stereocenters. The van der Waals surface area contributed by atoms with E-state index in [-0.39, 0.29) is 303 Å². The molecule has 5 aliphatic rings. The number of anilines is 1. The molecule has 16 rings (SSSR count). The number of allylic oxidation sites excluding steroid dienone is 1. The normalized spacial score (nSPS) is 22.3. The van der Waals surface area contributed by atoms with Crippen LogP contribution in [0.4, 0.5) is 15.9 Å². The monoisotopic (exact) mass is 2450 g/mol. The number of carbonyl (C=O) groups excluding carboxylic acids is 4. The molecule has 11 aromatic rings. The molecule has 0 amide bonds. The van der Waals surface area contributed by atoms with E-state index in [1.165, 1.54) is 78.5 Å². The van der Waals surface area contributed by atoms with Crippen molar-refractivity contribution < 1.29 is 217 Å². The van der Waals surface area contributed by atoms with Crippen LogP contribution in [0.25, 0.3) is 21.5 Å². The van der Waals surface area contributed by atoms with Gasteiger partial charge in [0.15, 0.2) is 5.69 Å². The predicted octanol–water partition coefficient (Wildman–Crippen LogP) is 25.9. The number of halogens is 6. The predicted molar refractivity (Wildman–Crippen MR) is 569 cm³/mol. The Hall–Kier alpha value is -4.04. The van der Waals surface area contributed by atoms with Gasteiger partial charge >= 0.3 is 0 Å². The van der Waals surface area contributed by atoms with Crippen LogP contribution >= 0.6 is 58.0 Å². The second kappa shape index (κ2) is 63.2. The minimum Gasteiger partial charge on any atom is -0.533 e. The molecule has 2 heterocycles. The van der Waals surface area contributed by atoms with Crippen molar-refractivity contribution in [1.29, 1.82) is 0 Å². The summed E-state index contributed by atoms with van der Waals surface area (Å²) in [5.41, 5.74) is 16.3. The van der Waals surface area contributed by atoms with Gasteiger partial charge in [-0.25, -0.2) is 9.37 Å². The third-order valence-corrected chi connectivity index (χ3v) is 32.1. The van der Waals surface area contributed by atoms with Crippen molar-refractivity contribution in [3.63, 3.8) is 0 Å². The summed E-state index contributed by atoms with van der Waals surface area (Å²) in [6.45, 7) is 27.1. The van der Waals surface area contributed by atoms with Gasteiger partial charge in [-0.15, -0.1) is 58.5 Å². The number of aryl methyl sites for hydroxylation is 11. The van der Waals surface area contributed by atoms with Crippen LogP contribution in [0.1, 0.15) is 201 Å². The molecule has 765 valence electrons. The number of aromatic nitrogens is 2. The number of hydrogen-bond donors (Lipinski definition) is 4. The van der Waals surface area contributed by atoms with E-state index in [0.717, 1.165) is 122 Å². The van der Waals surface area contributed by atoms with Gasteiger partial charge in [0.25, 0.3) is 0 Å². The molecule has 17 atom stereocenters. The molecule has 5 fully saturated rings. The molecule has 0 aliphatic heterocycles. The average Bonchev–Trinajstić information content (AvgIpc) is 1.64. The first-order chi connectivity index (χ1) is 67.6. The van der Waals surface area contributed by atoms with E-state index in [1.54, 1.807) is 24.5 Å². The van der Waals surface area contributed by atoms with Crippen molar-refractivity contribution in [2.24, 2.45) is 59.2 Å². The van der Waals surface area contributed by atoms with Crippen LogP contribution in [0.3, 0.4) is 0 Å². The SMILES string of the molecule is CC(C)(C)N(C[C@H]1C(Cl)CC(O)[C@@H]1CCc1cc[c-]cc1[N+](=O)[O-])c1cccc(CCO)n1.Cc1[c-]cc(CCC[C@H]2C(=O)CC(=O)[C@@H]2CCc2cccc3ccccc23)cc1.Cc1cncc(CC[C@H]2C(Cl)CC(O)[C@@H]2CCc2cc[c-]c(Cl)c2)c1C.[CH2-]CO/C=C\C[C@H]1C(O)C(C)C(=O)[C@@H]1CCc1ccc(C)c(C)c1.[CH2-]Cc1ccc([C@H]2C(=O)CC(Cl)[C@@H]2CCc2ccc(Cl)c3ccccc23)cc1F.[Y].[Y].[Y].[Y].[Y]. The zero-order chi connectivity index (χ0) is 101. The van der Waals surface area contributed by atoms with Gasteiger partial charge in [0.05, 0.1) is 31.0 Å². The number of Topliss-reactive ketones (excluding diaryl/α,β-unsaturated/α-hetero) is 4. The van der Waals surface area contributed by atoms with E-state index in [0.29, 0.717) is 86.6 Å². The largest absolute Gasteiger partial charge is 0.533 e. The van der Waals surface area contributed by atoms with Gasteiger partial charge in [0.1, 0.15) is 34.8 Å². The molecular formula is C120H137Cl5FN4O11Y5-5. The maximum absolute atomic E-state index is 14.3. The number of hydrogen-bond acceptors (Lipinski definition) is 14. The minimum absolute atomic E-state index is 0. The van der Waals surface area contributed by atoms with Crippen LogP contribution in [0.2, 0.25) is 10.0 Å². The van der Waals surface area contributed by atoms with Crippen molar-refractivity contribution >= 4 is 114 Å². The van der Waals surface area contributed by atoms with Crippen molar-refractivity contribution in [3.05, 3.63) is 354 Å². The van der Waals surface area contributed by atoms with E-state index >= 15 is 0 Å². The minimum atomic E-state index is -0.563. The molecule has 5 aliphatic carbocycles. The smallest absolute Gasteiger partial charge is 0.166 e. The molecule has 146 heavy (non-hydrogen) atoms. The Morgan fingerprint density at radius 3 is 1.85 bits per heavy atom. The summed E-state index contributed by atoms with van der Waals surface area (Å²) in [6.07, 6.45) is 21.5. The molecule has 4 N–H and O–H groups in total. The molecule has 0 spiro atoms. The first-order valence-electron chi connectivity index (χ1n) is 50.0. The van der Waals surface area contributed by atoms with E-state index < -0.39 is 12.2 Å². The number of pyridine rings is 2. The number of nitro benzene ring substituents is 1. The molecular weight excluding hydrogens is 2310 g/mol. The Labute approximate surface area is 1020 Å². The van der Waals surface area contributed by atoms with Gasteiger partial charge in [-0.3, -0.25) is 34.3 Å². The molecule has 0 bridgehead atoms. The summed E-state index contributed by atoms with van der Waals surface area (Å²) < 4.78 is 19.4. The fourth-order valence-corrected chi connectivity index (χ4v) is 23.5. The number of rotatable bonds is 34. The number of aliphatic hydroxyl groups is 4. The fraction of sp³-hybridized carbons (Fsp3) is 0.433. The van der Waals surface area contributed by atoms with Crippen LogP contribution < -0.4 is 4.90 Å². The second-order valence-electron chi connectivity index (χ2n) is 40.1. The zero-order valence-corrected chi connectivity index (χ0v) is 104. The molecule has 15 nitrogen and oxygen atoms in total. The van der Waals surface area contributed by atoms with Gasteiger partial charge in [-0.2, -0.15) is 83.8 Å². The number of alkyl halides is 3. The number of benzene rings is 9. The van der Waals surface area contributed by atoms with Crippen LogP contribution in [-0.4, -0.2) is 118 Å². The topological polar surface area (TPSA) is 231 Å². The number of nitrogens with zero attached hydrogens (tertiary/aromatic N) is 4. The van der Waals surface area contributed by atoms with Gasteiger partial charge in [-0.1, -0.05) is 164 Å². The Morgan fingerprint density at radius 2 is 1.17 bits per heavy atom. The maximum Gasteiger partial charge on any atom is 0.166 e. The van der Waals surface area contributed by atoms with Gasteiger partial charge in [-0.05, 0) is 289 Å².